The molecule has 2 heterocycles. The van der Waals surface area contributed by atoms with Gasteiger partial charge in [-0.2, -0.15) is 0 Å². The fourth-order valence-corrected chi connectivity index (χ4v) is 3.62. The van der Waals surface area contributed by atoms with Crippen molar-refractivity contribution in [1.82, 2.24) is 9.97 Å². The van der Waals surface area contributed by atoms with Crippen molar-refractivity contribution < 1.29 is 0 Å². The van der Waals surface area contributed by atoms with E-state index in [1.54, 1.807) is 0 Å². The maximum atomic E-state index is 4.74. The molecule has 2 aromatic rings. The third-order valence-corrected chi connectivity index (χ3v) is 5.09. The van der Waals surface area contributed by atoms with Gasteiger partial charge in [0.2, 0.25) is 0 Å². The molecule has 5 heteroatoms. The Kier molecular flexibility index (Phi) is 4.01. The summed E-state index contributed by atoms with van der Waals surface area (Å²) in [5.41, 5.74) is 4.92. The van der Waals surface area contributed by atoms with Crippen LogP contribution in [0.25, 0.3) is 11.4 Å². The first kappa shape index (κ1) is 14.6. The Labute approximate surface area is 139 Å². The van der Waals surface area contributed by atoms with Gasteiger partial charge in [-0.3, -0.25) is 0 Å². The Bertz CT molecular complexity index is 659. The van der Waals surface area contributed by atoms with Crippen LogP contribution in [0.1, 0.15) is 18.2 Å². The van der Waals surface area contributed by atoms with E-state index in [2.05, 4.69) is 70.0 Å². The molecule has 0 saturated carbocycles. The van der Waals surface area contributed by atoms with Crippen LogP contribution in [0.3, 0.4) is 0 Å². The number of hydrogen-bond donors (Lipinski definition) is 1. The minimum atomic E-state index is 0.814. The molecule has 0 bridgehead atoms. The second-order valence-corrected chi connectivity index (χ2v) is 6.35. The summed E-state index contributed by atoms with van der Waals surface area (Å²) in [5, 5.41) is 3.17. The van der Waals surface area contributed by atoms with Crippen LogP contribution in [0.5, 0.6) is 0 Å². The van der Waals surface area contributed by atoms with Gasteiger partial charge in [0.15, 0.2) is 5.82 Å². The van der Waals surface area contributed by atoms with Crippen LogP contribution < -0.4 is 10.2 Å². The summed E-state index contributed by atoms with van der Waals surface area (Å²) in [6.07, 6.45) is 2.01. The van der Waals surface area contributed by atoms with E-state index < -0.39 is 0 Å². The number of nitrogens with zero attached hydrogens (tertiary/aromatic N) is 3. The molecule has 1 aromatic heterocycles. The Morgan fingerprint density at radius 3 is 2.86 bits per heavy atom. The smallest absolute Gasteiger partial charge is 0.161 e. The van der Waals surface area contributed by atoms with Crippen LogP contribution in [0.2, 0.25) is 0 Å². The molecule has 0 unspecified atom stereocenters. The first-order valence-electron chi connectivity index (χ1n) is 7.22. The molecule has 4 nitrogen and oxygen atoms in total. The van der Waals surface area contributed by atoms with Crippen molar-refractivity contribution in [2.24, 2.45) is 0 Å². The number of aromatic nitrogens is 2. The van der Waals surface area contributed by atoms with Crippen molar-refractivity contribution in [2.45, 2.75) is 19.8 Å². The summed E-state index contributed by atoms with van der Waals surface area (Å²) >= 11 is 2.31. The van der Waals surface area contributed by atoms with Crippen LogP contribution in [-0.2, 0) is 12.8 Å². The lowest BCUT2D eigenvalue weighted by Gasteiger charge is -2.13. The van der Waals surface area contributed by atoms with Gasteiger partial charge in [-0.25, -0.2) is 9.97 Å². The van der Waals surface area contributed by atoms with E-state index >= 15 is 0 Å². The van der Waals surface area contributed by atoms with E-state index in [0.717, 1.165) is 45.9 Å². The van der Waals surface area contributed by atoms with Crippen LogP contribution in [0.15, 0.2) is 18.2 Å². The summed E-state index contributed by atoms with van der Waals surface area (Å²) < 4.78 is 1.11. The summed E-state index contributed by atoms with van der Waals surface area (Å²) in [6.45, 7) is 3.22. The van der Waals surface area contributed by atoms with Crippen molar-refractivity contribution in [2.75, 3.05) is 30.9 Å². The Balaban J connectivity index is 2.08. The van der Waals surface area contributed by atoms with Crippen molar-refractivity contribution in [1.29, 1.82) is 0 Å². The van der Waals surface area contributed by atoms with Gasteiger partial charge in [-0.15, -0.1) is 0 Å². The topological polar surface area (TPSA) is 41.1 Å². The molecule has 0 aliphatic carbocycles. The predicted molar refractivity (Wildman–Crippen MR) is 96.1 cm³/mol. The second-order valence-electron chi connectivity index (χ2n) is 5.28. The molecular formula is C16H19IN4. The van der Waals surface area contributed by atoms with Gasteiger partial charge in [-0.05, 0) is 59.2 Å². The molecule has 0 atom stereocenters. The maximum Gasteiger partial charge on any atom is 0.161 e. The lowest BCUT2D eigenvalue weighted by Crippen LogP contribution is -2.12. The molecular weight excluding hydrogens is 375 g/mol. The van der Waals surface area contributed by atoms with Crippen molar-refractivity contribution in [3.63, 3.8) is 0 Å². The molecule has 0 saturated heterocycles. The van der Waals surface area contributed by atoms with Gasteiger partial charge >= 0.3 is 0 Å². The minimum absolute atomic E-state index is 0.814. The SMILES string of the molecule is CCc1nc(-c2ccc3c(c2)CCN3C)nc(NC)c1I. The molecule has 1 aliphatic rings. The van der Waals surface area contributed by atoms with Gasteiger partial charge in [0.25, 0.3) is 0 Å². The molecule has 1 aliphatic heterocycles. The Morgan fingerprint density at radius 2 is 2.14 bits per heavy atom. The quantitative estimate of drug-likeness (QED) is 0.811. The van der Waals surface area contributed by atoms with Gasteiger partial charge in [-0.1, -0.05) is 6.92 Å². The van der Waals surface area contributed by atoms with E-state index in [0.29, 0.717) is 0 Å². The standard InChI is InChI=1S/C16H19IN4/c1-4-12-14(17)16(18-2)20-15(19-12)11-5-6-13-10(9-11)7-8-21(13)3/h5-6,9H,4,7-8H2,1-3H3,(H,18,19,20). The molecule has 110 valence electrons. The highest BCUT2D eigenvalue weighted by molar-refractivity contribution is 14.1. The highest BCUT2D eigenvalue weighted by Crippen LogP contribution is 2.31. The Hall–Kier alpha value is -1.37. The van der Waals surface area contributed by atoms with Crippen LogP contribution >= 0.6 is 22.6 Å². The molecule has 1 aromatic carbocycles. The zero-order valence-electron chi connectivity index (χ0n) is 12.6. The summed E-state index contributed by atoms with van der Waals surface area (Å²) in [6, 6.07) is 6.55. The van der Waals surface area contributed by atoms with Gasteiger partial charge in [0.1, 0.15) is 5.82 Å². The molecule has 0 radical (unpaired) electrons. The number of anilines is 2. The minimum Gasteiger partial charge on any atom is -0.374 e. The lowest BCUT2D eigenvalue weighted by atomic mass is 10.1. The van der Waals surface area contributed by atoms with E-state index in [-0.39, 0.29) is 0 Å². The number of hydrogen-bond acceptors (Lipinski definition) is 4. The number of aryl methyl sites for hydroxylation is 1. The van der Waals surface area contributed by atoms with Crippen molar-refractivity contribution >= 4 is 34.1 Å². The molecule has 0 fully saturated rings. The first-order chi connectivity index (χ1) is 10.1. The summed E-state index contributed by atoms with van der Waals surface area (Å²) in [5.74, 6) is 1.73. The van der Waals surface area contributed by atoms with Crippen molar-refractivity contribution in [3.05, 3.63) is 33.0 Å². The lowest BCUT2D eigenvalue weighted by molar-refractivity contribution is 0.956. The maximum absolute atomic E-state index is 4.74. The van der Waals surface area contributed by atoms with E-state index in [1.165, 1.54) is 11.3 Å². The molecule has 0 spiro atoms. The highest BCUT2D eigenvalue weighted by atomic mass is 127. The van der Waals surface area contributed by atoms with Gasteiger partial charge in [0.05, 0.1) is 9.26 Å². The van der Waals surface area contributed by atoms with Gasteiger partial charge < -0.3 is 10.2 Å². The average Bonchev–Trinajstić information content (AvgIpc) is 2.88. The third-order valence-electron chi connectivity index (χ3n) is 3.96. The fourth-order valence-electron chi connectivity index (χ4n) is 2.73. The molecule has 1 N–H and O–H groups in total. The third kappa shape index (κ3) is 2.59. The summed E-state index contributed by atoms with van der Waals surface area (Å²) in [7, 11) is 4.05. The van der Waals surface area contributed by atoms with Crippen LogP contribution in [0, 0.1) is 3.57 Å². The van der Waals surface area contributed by atoms with Crippen LogP contribution in [-0.4, -0.2) is 30.6 Å². The molecule has 21 heavy (non-hydrogen) atoms. The number of rotatable bonds is 3. The molecule has 3 rings (SSSR count). The number of benzene rings is 1. The van der Waals surface area contributed by atoms with Crippen molar-refractivity contribution in [3.8, 4) is 11.4 Å². The number of fused-ring (bicyclic) bond motifs is 1. The van der Waals surface area contributed by atoms with Crippen LogP contribution in [0.4, 0.5) is 11.5 Å². The highest BCUT2D eigenvalue weighted by Gasteiger charge is 2.18. The second kappa shape index (κ2) is 5.79. The zero-order chi connectivity index (χ0) is 15.0. The van der Waals surface area contributed by atoms with Gasteiger partial charge in [0, 0.05) is 31.9 Å². The normalized spacial score (nSPS) is 13.4. The largest absolute Gasteiger partial charge is 0.374 e. The Morgan fingerprint density at radius 1 is 1.33 bits per heavy atom. The summed E-state index contributed by atoms with van der Waals surface area (Å²) in [4.78, 5) is 11.7. The molecule has 0 amide bonds. The fraction of sp³-hybridized carbons (Fsp3) is 0.375. The predicted octanol–water partition coefficient (Wildman–Crippen LogP) is 3.34. The number of likely N-dealkylation sites (N-methyl/N-ethyl adjacent to an activating group) is 1. The average molecular weight is 394 g/mol. The first-order valence-corrected chi connectivity index (χ1v) is 8.30. The number of halogens is 1. The van der Waals surface area contributed by atoms with E-state index in [1.807, 2.05) is 7.05 Å². The monoisotopic (exact) mass is 394 g/mol. The van der Waals surface area contributed by atoms with E-state index in [4.69, 9.17) is 4.98 Å². The number of nitrogens with one attached hydrogen (secondary N) is 1. The zero-order valence-corrected chi connectivity index (χ0v) is 14.7. The van der Waals surface area contributed by atoms with E-state index in [9.17, 15) is 0 Å².